The summed E-state index contributed by atoms with van der Waals surface area (Å²) in [5, 5.41) is 4.37. The number of piperidine rings is 1. The predicted molar refractivity (Wildman–Crippen MR) is 84.2 cm³/mol. The summed E-state index contributed by atoms with van der Waals surface area (Å²) < 4.78 is 5.08. The minimum Gasteiger partial charge on any atom is -0.383 e. The number of benzene rings is 1. The fourth-order valence-electron chi connectivity index (χ4n) is 2.79. The van der Waals surface area contributed by atoms with Crippen LogP contribution in [0.4, 0.5) is 0 Å². The number of rotatable bonds is 7. The van der Waals surface area contributed by atoms with Gasteiger partial charge in [0.2, 0.25) is 0 Å². The Balaban J connectivity index is 1.88. The van der Waals surface area contributed by atoms with Crippen molar-refractivity contribution in [3.05, 3.63) is 34.9 Å². The van der Waals surface area contributed by atoms with Crippen LogP contribution in [0.25, 0.3) is 0 Å². The average molecular weight is 297 g/mol. The highest BCUT2D eigenvalue weighted by atomic mass is 35.5. The van der Waals surface area contributed by atoms with E-state index in [2.05, 4.69) is 22.3 Å². The number of nitrogens with zero attached hydrogens (tertiary/aromatic N) is 1. The summed E-state index contributed by atoms with van der Waals surface area (Å²) in [6.45, 7) is 4.86. The molecule has 2 rings (SSSR count). The highest BCUT2D eigenvalue weighted by Crippen LogP contribution is 2.22. The first-order valence-electron chi connectivity index (χ1n) is 7.48. The Hall–Kier alpha value is -0.610. The maximum atomic E-state index is 6.28. The number of hydrogen-bond donors (Lipinski definition) is 1. The Morgan fingerprint density at radius 2 is 2.20 bits per heavy atom. The SMILES string of the molecule is COCCNCC1CCCCN1Cc1ccccc1Cl. The van der Waals surface area contributed by atoms with Gasteiger partial charge in [-0.2, -0.15) is 0 Å². The molecule has 1 atom stereocenters. The largest absolute Gasteiger partial charge is 0.383 e. The van der Waals surface area contributed by atoms with Crippen molar-refractivity contribution < 1.29 is 4.74 Å². The highest BCUT2D eigenvalue weighted by molar-refractivity contribution is 6.31. The fourth-order valence-corrected chi connectivity index (χ4v) is 2.98. The molecular weight excluding hydrogens is 272 g/mol. The fraction of sp³-hybridized carbons (Fsp3) is 0.625. The van der Waals surface area contributed by atoms with Gasteiger partial charge in [0, 0.05) is 37.8 Å². The van der Waals surface area contributed by atoms with E-state index in [0.29, 0.717) is 6.04 Å². The number of ether oxygens (including phenoxy) is 1. The summed E-state index contributed by atoms with van der Waals surface area (Å²) in [5.41, 5.74) is 1.23. The van der Waals surface area contributed by atoms with Crippen molar-refractivity contribution in [2.24, 2.45) is 0 Å². The molecule has 1 unspecified atom stereocenters. The topological polar surface area (TPSA) is 24.5 Å². The van der Waals surface area contributed by atoms with Gasteiger partial charge in [-0.3, -0.25) is 4.90 Å². The van der Waals surface area contributed by atoms with Gasteiger partial charge in [-0.25, -0.2) is 0 Å². The lowest BCUT2D eigenvalue weighted by Crippen LogP contribution is -2.45. The quantitative estimate of drug-likeness (QED) is 0.783. The summed E-state index contributed by atoms with van der Waals surface area (Å²) in [6.07, 6.45) is 3.89. The van der Waals surface area contributed by atoms with Crippen molar-refractivity contribution in [3.8, 4) is 0 Å². The average Bonchev–Trinajstić information content (AvgIpc) is 2.47. The molecule has 0 aliphatic carbocycles. The number of nitrogens with one attached hydrogen (secondary N) is 1. The Morgan fingerprint density at radius 3 is 3.00 bits per heavy atom. The first kappa shape index (κ1) is 15.8. The van der Waals surface area contributed by atoms with E-state index in [-0.39, 0.29) is 0 Å². The molecular formula is C16H25ClN2O. The van der Waals surface area contributed by atoms with Crippen LogP contribution in [0.1, 0.15) is 24.8 Å². The molecule has 1 aliphatic heterocycles. The van der Waals surface area contributed by atoms with Gasteiger partial charge in [-0.05, 0) is 31.0 Å². The van der Waals surface area contributed by atoms with Crippen molar-refractivity contribution in [3.63, 3.8) is 0 Å². The van der Waals surface area contributed by atoms with Crippen LogP contribution >= 0.6 is 11.6 Å². The molecule has 112 valence electrons. The van der Waals surface area contributed by atoms with Crippen molar-refractivity contribution in [2.75, 3.05) is 33.4 Å². The number of likely N-dealkylation sites (tertiary alicyclic amines) is 1. The second-order valence-corrected chi connectivity index (χ2v) is 5.82. The lowest BCUT2D eigenvalue weighted by molar-refractivity contribution is 0.133. The smallest absolute Gasteiger partial charge is 0.0587 e. The van der Waals surface area contributed by atoms with Gasteiger partial charge < -0.3 is 10.1 Å². The Morgan fingerprint density at radius 1 is 1.35 bits per heavy atom. The molecule has 4 heteroatoms. The van der Waals surface area contributed by atoms with E-state index in [1.165, 1.54) is 31.4 Å². The summed E-state index contributed by atoms with van der Waals surface area (Å²) in [7, 11) is 1.74. The van der Waals surface area contributed by atoms with E-state index in [9.17, 15) is 0 Å². The number of hydrogen-bond acceptors (Lipinski definition) is 3. The lowest BCUT2D eigenvalue weighted by atomic mass is 10.0. The molecule has 0 aromatic heterocycles. The highest BCUT2D eigenvalue weighted by Gasteiger charge is 2.22. The molecule has 0 saturated carbocycles. The van der Waals surface area contributed by atoms with Crippen molar-refractivity contribution in [1.82, 2.24) is 10.2 Å². The maximum Gasteiger partial charge on any atom is 0.0587 e. The Bertz CT molecular complexity index is 400. The molecule has 1 fully saturated rings. The van der Waals surface area contributed by atoms with Gasteiger partial charge in [0.15, 0.2) is 0 Å². The zero-order chi connectivity index (χ0) is 14.2. The summed E-state index contributed by atoms with van der Waals surface area (Å²) in [4.78, 5) is 2.56. The van der Waals surface area contributed by atoms with E-state index in [1.54, 1.807) is 7.11 Å². The van der Waals surface area contributed by atoms with Crippen molar-refractivity contribution in [2.45, 2.75) is 31.8 Å². The molecule has 1 aliphatic rings. The zero-order valence-electron chi connectivity index (χ0n) is 12.3. The molecule has 1 saturated heterocycles. The molecule has 1 N–H and O–H groups in total. The molecule has 0 radical (unpaired) electrons. The molecule has 1 heterocycles. The summed E-state index contributed by atoms with van der Waals surface area (Å²) in [6, 6.07) is 8.78. The second-order valence-electron chi connectivity index (χ2n) is 5.41. The van der Waals surface area contributed by atoms with Crippen LogP contribution in [0.15, 0.2) is 24.3 Å². The van der Waals surface area contributed by atoms with Gasteiger partial charge in [0.05, 0.1) is 6.61 Å². The van der Waals surface area contributed by atoms with Gasteiger partial charge >= 0.3 is 0 Å². The zero-order valence-corrected chi connectivity index (χ0v) is 13.0. The molecule has 0 spiro atoms. The first-order chi connectivity index (χ1) is 9.81. The van der Waals surface area contributed by atoms with Crippen LogP contribution in [0, 0.1) is 0 Å². The van der Waals surface area contributed by atoms with Gasteiger partial charge in [0.25, 0.3) is 0 Å². The predicted octanol–water partition coefficient (Wildman–Crippen LogP) is 2.93. The lowest BCUT2D eigenvalue weighted by Gasteiger charge is -2.36. The van der Waals surface area contributed by atoms with E-state index in [4.69, 9.17) is 16.3 Å². The number of methoxy groups -OCH3 is 1. The normalized spacial score (nSPS) is 20.2. The monoisotopic (exact) mass is 296 g/mol. The van der Waals surface area contributed by atoms with Gasteiger partial charge in [-0.15, -0.1) is 0 Å². The van der Waals surface area contributed by atoms with Gasteiger partial charge in [0.1, 0.15) is 0 Å². The third kappa shape index (κ3) is 4.74. The molecule has 1 aromatic carbocycles. The van der Waals surface area contributed by atoms with Gasteiger partial charge in [-0.1, -0.05) is 36.2 Å². The Kier molecular flexibility index (Phi) is 6.80. The van der Waals surface area contributed by atoms with Crippen molar-refractivity contribution in [1.29, 1.82) is 0 Å². The summed E-state index contributed by atoms with van der Waals surface area (Å²) >= 11 is 6.28. The molecule has 3 nitrogen and oxygen atoms in total. The maximum absolute atomic E-state index is 6.28. The van der Waals surface area contributed by atoms with E-state index >= 15 is 0 Å². The van der Waals surface area contributed by atoms with E-state index < -0.39 is 0 Å². The molecule has 20 heavy (non-hydrogen) atoms. The minimum atomic E-state index is 0.608. The van der Waals surface area contributed by atoms with Crippen LogP contribution in [0.3, 0.4) is 0 Å². The number of halogens is 1. The third-order valence-corrected chi connectivity index (χ3v) is 4.31. The van der Waals surface area contributed by atoms with Crippen LogP contribution in [0.5, 0.6) is 0 Å². The summed E-state index contributed by atoms with van der Waals surface area (Å²) in [5.74, 6) is 0. The van der Waals surface area contributed by atoms with Crippen molar-refractivity contribution >= 4 is 11.6 Å². The molecule has 1 aromatic rings. The first-order valence-corrected chi connectivity index (χ1v) is 7.86. The van der Waals surface area contributed by atoms with Crippen LogP contribution < -0.4 is 5.32 Å². The minimum absolute atomic E-state index is 0.608. The molecule has 0 amide bonds. The van der Waals surface area contributed by atoms with Crippen LogP contribution in [-0.4, -0.2) is 44.3 Å². The Labute approximate surface area is 127 Å². The second kappa shape index (κ2) is 8.63. The van der Waals surface area contributed by atoms with Crippen LogP contribution in [0.2, 0.25) is 5.02 Å². The third-order valence-electron chi connectivity index (χ3n) is 3.94. The van der Waals surface area contributed by atoms with E-state index in [0.717, 1.165) is 31.3 Å². The van der Waals surface area contributed by atoms with Crippen LogP contribution in [-0.2, 0) is 11.3 Å². The van der Waals surface area contributed by atoms with E-state index in [1.807, 2.05) is 12.1 Å². The standard InChI is InChI=1S/C16H25ClN2O/c1-20-11-9-18-12-15-7-4-5-10-19(15)13-14-6-2-3-8-16(14)17/h2-3,6,8,15,18H,4-5,7,9-13H2,1H3. The molecule has 0 bridgehead atoms.